The van der Waals surface area contributed by atoms with Crippen LogP contribution in [0.4, 0.5) is 15.9 Å². The third kappa shape index (κ3) is 3.29. The van der Waals surface area contributed by atoms with Crippen molar-refractivity contribution in [1.82, 2.24) is 9.38 Å². The molecule has 0 unspecified atom stereocenters. The van der Waals surface area contributed by atoms with Crippen LogP contribution in [0, 0.1) is 12.7 Å². The predicted molar refractivity (Wildman–Crippen MR) is 86.2 cm³/mol. The van der Waals surface area contributed by atoms with Crippen LogP contribution in [0.25, 0.3) is 5.65 Å². The minimum absolute atomic E-state index is 0.00496. The zero-order chi connectivity index (χ0) is 17.1. The largest absolute Gasteiger partial charge is 0.469 e. The second-order valence-electron chi connectivity index (χ2n) is 5.24. The number of aryl methyl sites for hydroxylation is 1. The van der Waals surface area contributed by atoms with E-state index in [1.807, 2.05) is 25.3 Å². The molecule has 0 aliphatic heterocycles. The molecule has 122 valence electrons. The van der Waals surface area contributed by atoms with Crippen LogP contribution in [0.3, 0.4) is 0 Å². The third-order valence-electron chi connectivity index (χ3n) is 3.45. The van der Waals surface area contributed by atoms with E-state index in [0.29, 0.717) is 22.8 Å². The maximum absolute atomic E-state index is 13.0. The molecule has 24 heavy (non-hydrogen) atoms. The zero-order valence-corrected chi connectivity index (χ0v) is 13.2. The minimum atomic E-state index is -0.409. The van der Waals surface area contributed by atoms with Gasteiger partial charge in [-0.3, -0.25) is 9.20 Å². The summed E-state index contributed by atoms with van der Waals surface area (Å²) in [4.78, 5) is 16.0. The molecule has 0 aliphatic rings. The lowest BCUT2D eigenvalue weighted by Gasteiger charge is -1.99. The van der Waals surface area contributed by atoms with Crippen molar-refractivity contribution >= 4 is 23.1 Å². The van der Waals surface area contributed by atoms with Crippen LogP contribution in [0.5, 0.6) is 0 Å². The fourth-order valence-electron chi connectivity index (χ4n) is 2.23. The average Bonchev–Trinajstić information content (AvgIpc) is 2.90. The molecule has 0 bridgehead atoms. The molecule has 3 rings (SSSR count). The summed E-state index contributed by atoms with van der Waals surface area (Å²) in [6, 6.07) is 9.45. The van der Waals surface area contributed by atoms with E-state index in [-0.39, 0.29) is 12.2 Å². The summed E-state index contributed by atoms with van der Waals surface area (Å²) in [6.45, 7) is 1.95. The van der Waals surface area contributed by atoms with Gasteiger partial charge in [0.2, 0.25) is 0 Å². The number of hydrogen-bond donors (Lipinski definition) is 0. The van der Waals surface area contributed by atoms with Crippen molar-refractivity contribution in [3.05, 3.63) is 59.7 Å². The van der Waals surface area contributed by atoms with Crippen molar-refractivity contribution in [3.63, 3.8) is 0 Å². The van der Waals surface area contributed by atoms with Gasteiger partial charge in [0.25, 0.3) is 0 Å². The molecular weight excluding hydrogens is 311 g/mol. The maximum Gasteiger partial charge on any atom is 0.311 e. The standard InChI is InChI=1S/C17H15FN4O2/c1-11-7-8-22-15(9-11)19-14(10-16(23)24-2)17(22)21-20-13-5-3-12(18)4-6-13/h3-9H,10H2,1-2H3. The first kappa shape index (κ1) is 15.8. The number of methoxy groups -OCH3 is 1. The first-order chi connectivity index (χ1) is 11.6. The number of halogens is 1. The molecule has 7 heteroatoms. The second-order valence-corrected chi connectivity index (χ2v) is 5.24. The molecular formula is C17H15FN4O2. The Kier molecular flexibility index (Phi) is 4.33. The molecule has 1 aromatic carbocycles. The van der Waals surface area contributed by atoms with E-state index in [1.54, 1.807) is 4.40 Å². The number of esters is 1. The number of imidazole rings is 1. The van der Waals surface area contributed by atoms with E-state index in [0.717, 1.165) is 5.56 Å². The van der Waals surface area contributed by atoms with Gasteiger partial charge in [-0.05, 0) is 48.9 Å². The Hall–Kier alpha value is -3.09. The fourth-order valence-corrected chi connectivity index (χ4v) is 2.23. The van der Waals surface area contributed by atoms with E-state index in [2.05, 4.69) is 15.2 Å². The van der Waals surface area contributed by atoms with Crippen molar-refractivity contribution in [3.8, 4) is 0 Å². The van der Waals surface area contributed by atoms with Gasteiger partial charge >= 0.3 is 5.97 Å². The maximum atomic E-state index is 13.0. The Morgan fingerprint density at radius 2 is 2.00 bits per heavy atom. The molecule has 6 nitrogen and oxygen atoms in total. The number of nitrogens with zero attached hydrogens (tertiary/aromatic N) is 4. The van der Waals surface area contributed by atoms with Gasteiger partial charge in [0, 0.05) is 6.20 Å². The first-order valence-electron chi connectivity index (χ1n) is 7.28. The second kappa shape index (κ2) is 6.57. The molecule has 0 saturated heterocycles. The third-order valence-corrected chi connectivity index (χ3v) is 3.45. The summed E-state index contributed by atoms with van der Waals surface area (Å²) in [7, 11) is 1.32. The number of carbonyl (C=O) groups is 1. The van der Waals surface area contributed by atoms with E-state index in [4.69, 9.17) is 4.74 Å². The number of azo groups is 1. The molecule has 0 radical (unpaired) electrons. The highest BCUT2D eigenvalue weighted by molar-refractivity contribution is 5.74. The summed E-state index contributed by atoms with van der Waals surface area (Å²) < 4.78 is 19.4. The summed E-state index contributed by atoms with van der Waals surface area (Å²) in [6.07, 6.45) is 1.81. The van der Waals surface area contributed by atoms with Gasteiger partial charge in [-0.1, -0.05) is 0 Å². The van der Waals surface area contributed by atoms with Gasteiger partial charge in [-0.15, -0.1) is 10.2 Å². The van der Waals surface area contributed by atoms with Crippen molar-refractivity contribution in [2.75, 3.05) is 7.11 Å². The molecule has 3 aromatic rings. The monoisotopic (exact) mass is 326 g/mol. The van der Waals surface area contributed by atoms with Crippen molar-refractivity contribution in [2.45, 2.75) is 13.3 Å². The van der Waals surface area contributed by atoms with Gasteiger partial charge < -0.3 is 4.74 Å². The summed E-state index contributed by atoms with van der Waals surface area (Å²) in [5.74, 6) is -0.307. The fraction of sp³-hybridized carbons (Fsp3) is 0.176. The van der Waals surface area contributed by atoms with E-state index >= 15 is 0 Å². The van der Waals surface area contributed by atoms with Crippen LogP contribution in [0.15, 0.2) is 52.8 Å². The highest BCUT2D eigenvalue weighted by atomic mass is 19.1. The zero-order valence-electron chi connectivity index (χ0n) is 13.2. The molecule has 0 aliphatic carbocycles. The van der Waals surface area contributed by atoms with Crippen LogP contribution in [-0.4, -0.2) is 22.5 Å². The number of carbonyl (C=O) groups excluding carboxylic acids is 1. The van der Waals surface area contributed by atoms with Crippen LogP contribution >= 0.6 is 0 Å². The van der Waals surface area contributed by atoms with Crippen LogP contribution in [0.1, 0.15) is 11.3 Å². The number of hydrogen-bond acceptors (Lipinski definition) is 5. The van der Waals surface area contributed by atoms with Crippen LogP contribution < -0.4 is 0 Å². The molecule has 2 heterocycles. The molecule has 0 N–H and O–H groups in total. The van der Waals surface area contributed by atoms with Gasteiger partial charge in [0.05, 0.1) is 24.9 Å². The Bertz CT molecular complexity index is 916. The van der Waals surface area contributed by atoms with Gasteiger partial charge in [0.1, 0.15) is 11.5 Å². The Labute approximate surface area is 137 Å². The SMILES string of the molecule is COC(=O)Cc1nc2cc(C)ccn2c1N=Nc1ccc(F)cc1. The average molecular weight is 326 g/mol. The number of benzene rings is 1. The van der Waals surface area contributed by atoms with Crippen molar-refractivity contribution < 1.29 is 13.9 Å². The highest BCUT2D eigenvalue weighted by Crippen LogP contribution is 2.25. The quantitative estimate of drug-likeness (QED) is 0.539. The minimum Gasteiger partial charge on any atom is -0.469 e. The molecule has 2 aromatic heterocycles. The molecule has 0 saturated carbocycles. The Morgan fingerprint density at radius 3 is 2.71 bits per heavy atom. The van der Waals surface area contributed by atoms with Crippen molar-refractivity contribution in [1.29, 1.82) is 0 Å². The van der Waals surface area contributed by atoms with Gasteiger partial charge in [-0.25, -0.2) is 9.37 Å². The number of rotatable bonds is 4. The Balaban J connectivity index is 2.04. The predicted octanol–water partition coefficient (Wildman–Crippen LogP) is 3.91. The molecule has 0 fully saturated rings. The van der Waals surface area contributed by atoms with Crippen LogP contribution in [0.2, 0.25) is 0 Å². The lowest BCUT2D eigenvalue weighted by Crippen LogP contribution is -2.04. The van der Waals surface area contributed by atoms with Gasteiger partial charge in [-0.2, -0.15) is 0 Å². The van der Waals surface area contributed by atoms with E-state index < -0.39 is 5.97 Å². The van der Waals surface area contributed by atoms with Crippen LogP contribution in [-0.2, 0) is 16.0 Å². The number of fused-ring (bicyclic) bond motifs is 1. The lowest BCUT2D eigenvalue weighted by atomic mass is 10.3. The first-order valence-corrected chi connectivity index (χ1v) is 7.28. The molecule has 0 spiro atoms. The van der Waals surface area contributed by atoms with Gasteiger partial charge in [0.15, 0.2) is 5.82 Å². The number of ether oxygens (including phenoxy) is 1. The smallest absolute Gasteiger partial charge is 0.311 e. The topological polar surface area (TPSA) is 68.3 Å². The lowest BCUT2D eigenvalue weighted by molar-refractivity contribution is -0.139. The molecule has 0 atom stereocenters. The summed E-state index contributed by atoms with van der Waals surface area (Å²) in [5, 5.41) is 8.31. The molecule has 0 amide bonds. The Morgan fingerprint density at radius 1 is 1.25 bits per heavy atom. The summed E-state index contributed by atoms with van der Waals surface area (Å²) in [5.41, 5.74) is 2.68. The summed E-state index contributed by atoms with van der Waals surface area (Å²) >= 11 is 0. The van der Waals surface area contributed by atoms with E-state index in [9.17, 15) is 9.18 Å². The number of pyridine rings is 1. The highest BCUT2D eigenvalue weighted by Gasteiger charge is 2.16. The van der Waals surface area contributed by atoms with Crippen molar-refractivity contribution in [2.24, 2.45) is 10.2 Å². The number of aromatic nitrogens is 2. The van der Waals surface area contributed by atoms with E-state index in [1.165, 1.54) is 31.4 Å². The normalized spacial score (nSPS) is 11.3.